The molecule has 0 aromatic carbocycles. The number of nitriles is 2. The third-order valence-electron chi connectivity index (χ3n) is 19.3. The van der Waals surface area contributed by atoms with E-state index in [0.29, 0.717) is 0 Å². The van der Waals surface area contributed by atoms with E-state index in [1.165, 1.54) is 56.1 Å². The van der Waals surface area contributed by atoms with Gasteiger partial charge in [0.25, 0.3) is 0 Å². The van der Waals surface area contributed by atoms with Gasteiger partial charge in [-0.3, -0.25) is 72.9 Å². The fraction of sp³-hybridized carbons (Fsp3) is 0.533. The average molecular weight is 1150 g/mol. The van der Waals surface area contributed by atoms with E-state index in [0.717, 1.165) is 0 Å². The number of amides is 2. The van der Waals surface area contributed by atoms with Gasteiger partial charge < -0.3 is 35.3 Å². The number of piperazine rings is 2. The zero-order valence-corrected chi connectivity index (χ0v) is 48.9. The van der Waals surface area contributed by atoms with E-state index in [-0.39, 0.29) is 129 Å². The Labute approximate surface area is 485 Å². The van der Waals surface area contributed by atoms with Crippen LogP contribution in [0.25, 0.3) is 0 Å². The van der Waals surface area contributed by atoms with Crippen molar-refractivity contribution in [1.82, 2.24) is 35.6 Å². The number of carbonyl (C=O) groups is 10. The Morgan fingerprint density at radius 1 is 0.536 bits per heavy atom. The van der Waals surface area contributed by atoms with E-state index in [1.807, 2.05) is 4.90 Å². The summed E-state index contributed by atoms with van der Waals surface area (Å²) in [6.45, 7) is 8.59. The first-order valence-electron chi connectivity index (χ1n) is 28.1. The molecule has 5 N–H and O–H groups in total. The lowest BCUT2D eigenvalue weighted by molar-refractivity contribution is -0.129. The SMILES string of the molecule is CCC(N)C(=O)NCC1C2=C(CC3C4C5=C(C(=O)C(C)=C(OC)C5=O)C(NC(CC)C(=O)NCC5C6=C(CC7C8C9=C(CC(C(C#N)N57)N8C)C(=O)C(C)=C(OC)C9=O)C(=O)C(C)=C(OC)C6=O)C(C(C#N)N13)N4C)C(=O)C(C)=C(OC)C2=O. The van der Waals surface area contributed by atoms with Crippen molar-refractivity contribution in [2.75, 3.05) is 55.6 Å². The number of Topliss-reactive ketones (excluding diaryl/α,β-unsaturated/α-hetero) is 8. The van der Waals surface area contributed by atoms with Crippen molar-refractivity contribution >= 4 is 58.1 Å². The summed E-state index contributed by atoms with van der Waals surface area (Å²) in [5, 5.41) is 32.0. The summed E-state index contributed by atoms with van der Waals surface area (Å²) in [7, 11) is 8.50. The van der Waals surface area contributed by atoms with Crippen LogP contribution in [-0.2, 0) is 66.9 Å². The first-order valence-corrected chi connectivity index (χ1v) is 28.1. The van der Waals surface area contributed by atoms with Gasteiger partial charge in [-0.05, 0) is 73.9 Å². The van der Waals surface area contributed by atoms with Crippen LogP contribution in [0.15, 0.2) is 89.9 Å². The molecular weight excluding hydrogens is 1080 g/mol. The molecule has 10 aliphatic rings. The molecule has 13 unspecified atom stereocenters. The van der Waals surface area contributed by atoms with E-state index in [4.69, 9.17) is 24.7 Å². The van der Waals surface area contributed by atoms with Gasteiger partial charge in [-0.15, -0.1) is 0 Å². The van der Waals surface area contributed by atoms with Crippen molar-refractivity contribution in [3.8, 4) is 12.1 Å². The minimum absolute atomic E-state index is 0.00834. The van der Waals surface area contributed by atoms with Gasteiger partial charge in [-0.1, -0.05) is 13.8 Å². The van der Waals surface area contributed by atoms with Crippen LogP contribution in [0, 0.1) is 22.7 Å². The summed E-state index contributed by atoms with van der Waals surface area (Å²) < 4.78 is 22.2. The van der Waals surface area contributed by atoms with Gasteiger partial charge in [0.15, 0.2) is 46.2 Å². The fourth-order valence-electron chi connectivity index (χ4n) is 15.4. The van der Waals surface area contributed by atoms with E-state index in [9.17, 15) is 44.1 Å². The van der Waals surface area contributed by atoms with Gasteiger partial charge in [0.05, 0.1) is 88.9 Å². The highest BCUT2D eigenvalue weighted by Gasteiger charge is 2.64. The molecule has 24 nitrogen and oxygen atoms in total. The number of ketones is 8. The quantitative estimate of drug-likeness (QED) is 0.161. The van der Waals surface area contributed by atoms with Gasteiger partial charge >= 0.3 is 0 Å². The highest BCUT2D eigenvalue weighted by molar-refractivity contribution is 6.28. The number of carbonyl (C=O) groups excluding carboxylic acids is 10. The molecule has 442 valence electrons. The Balaban J connectivity index is 1.05. The van der Waals surface area contributed by atoms with E-state index < -0.39 is 143 Å². The molecule has 4 aliphatic carbocycles. The van der Waals surface area contributed by atoms with Crippen molar-refractivity contribution in [2.24, 2.45) is 5.73 Å². The Morgan fingerprint density at radius 3 is 1.37 bits per heavy atom. The van der Waals surface area contributed by atoms with Gasteiger partial charge in [0.1, 0.15) is 12.1 Å². The second-order valence-corrected chi connectivity index (χ2v) is 23.0. The summed E-state index contributed by atoms with van der Waals surface area (Å²) in [6, 6.07) is -8.98. The van der Waals surface area contributed by atoms with Crippen LogP contribution in [-0.4, -0.2) is 212 Å². The first-order chi connectivity index (χ1) is 40.0. The molecule has 2 saturated heterocycles. The number of methoxy groups -OCH3 is 4. The monoisotopic (exact) mass is 1150 g/mol. The Kier molecular flexibility index (Phi) is 15.5. The van der Waals surface area contributed by atoms with E-state index in [1.54, 1.807) is 42.6 Å². The van der Waals surface area contributed by atoms with Gasteiger partial charge in [-0.2, -0.15) is 10.5 Å². The third-order valence-corrected chi connectivity index (χ3v) is 19.3. The summed E-state index contributed by atoms with van der Waals surface area (Å²) in [5.41, 5.74) is 6.89. The number of nitrogens with zero attached hydrogens (tertiary/aromatic N) is 6. The lowest BCUT2D eigenvalue weighted by Crippen LogP contribution is -2.79. The number of ether oxygens (including phenoxy) is 4. The van der Waals surface area contributed by atoms with Gasteiger partial charge in [0, 0.05) is 98.1 Å². The zero-order valence-electron chi connectivity index (χ0n) is 48.9. The Bertz CT molecular complexity index is 3490. The number of nitrogens with one attached hydrogen (secondary N) is 3. The number of hydrogen-bond acceptors (Lipinski definition) is 22. The maximum atomic E-state index is 15.3. The second kappa shape index (κ2) is 22.0. The molecule has 2 fully saturated rings. The van der Waals surface area contributed by atoms with Crippen molar-refractivity contribution in [3.05, 3.63) is 89.9 Å². The predicted octanol–water partition coefficient (Wildman–Crippen LogP) is -0.379. The number of rotatable bonds is 14. The van der Waals surface area contributed by atoms with Crippen LogP contribution in [0.5, 0.6) is 0 Å². The summed E-state index contributed by atoms with van der Waals surface area (Å²) in [6.07, 6.45) is -0.00484. The maximum absolute atomic E-state index is 15.3. The highest BCUT2D eigenvalue weighted by atomic mass is 16.5. The molecule has 6 heterocycles. The molecule has 0 radical (unpaired) electrons. The van der Waals surface area contributed by atoms with Crippen LogP contribution in [0.2, 0.25) is 0 Å². The third kappa shape index (κ3) is 8.34. The predicted molar refractivity (Wildman–Crippen MR) is 294 cm³/mol. The molecule has 0 aromatic rings. The average Bonchev–Trinajstić information content (AvgIpc) is 0.726. The molecule has 13 atom stereocenters. The van der Waals surface area contributed by atoms with Crippen LogP contribution < -0.4 is 21.7 Å². The van der Waals surface area contributed by atoms with Crippen molar-refractivity contribution in [1.29, 1.82) is 10.5 Å². The number of fused-ring (bicyclic) bond motifs is 10. The summed E-state index contributed by atoms with van der Waals surface area (Å²) in [4.78, 5) is 153. The highest BCUT2D eigenvalue weighted by Crippen LogP contribution is 2.52. The van der Waals surface area contributed by atoms with E-state index >= 15 is 14.4 Å². The van der Waals surface area contributed by atoms with Crippen molar-refractivity contribution in [3.63, 3.8) is 0 Å². The van der Waals surface area contributed by atoms with E-state index in [2.05, 4.69) is 28.1 Å². The molecule has 10 rings (SSSR count). The van der Waals surface area contributed by atoms with Crippen LogP contribution >= 0.6 is 0 Å². The number of allylic oxidation sites excluding steroid dienone is 8. The standard InChI is InChI=1S/C60H68N10O14/c1-13-29(63)59(79)64-20-37-39-27(48(72)23(4)56(82-10)52(39)76)17-33-45-42-41(50(74)25(6)58(84-12)54(42)78)43(46(68(45)8)35(19-62)70(33)37)66-30(14-2)60(80)65-21-36-38-26(47(71)22(3)55(81-9)51(38)75)16-32-44-40-28(49(73)24(5)57(83-11)53(40)77)15-31(67(44)7)34(18-61)69(32)36/h29-37,43-46,66H,13-17,20-21,63H2,1-12H3,(H,64,79)(H,65,80). The van der Waals surface area contributed by atoms with Gasteiger partial charge in [-0.25, -0.2) is 0 Å². The molecule has 6 aliphatic heterocycles. The molecule has 24 heteroatoms. The van der Waals surface area contributed by atoms with Crippen LogP contribution in [0.4, 0.5) is 0 Å². The summed E-state index contributed by atoms with van der Waals surface area (Å²) in [5.74, 6) is -6.47. The Morgan fingerprint density at radius 2 is 0.929 bits per heavy atom. The normalized spacial score (nSPS) is 31.7. The molecule has 2 amide bonds. The molecule has 0 aromatic heterocycles. The van der Waals surface area contributed by atoms with Crippen molar-refractivity contribution in [2.45, 2.75) is 152 Å². The zero-order chi connectivity index (χ0) is 61.1. The van der Waals surface area contributed by atoms with Gasteiger partial charge in [0.2, 0.25) is 34.9 Å². The maximum Gasteiger partial charge on any atom is 0.237 e. The lowest BCUT2D eigenvalue weighted by Gasteiger charge is -2.62. The Hall–Kier alpha value is -7.84. The molecule has 84 heavy (non-hydrogen) atoms. The summed E-state index contributed by atoms with van der Waals surface area (Å²) >= 11 is 0. The largest absolute Gasteiger partial charge is 0.492 e. The number of nitrogens with two attached hydrogens (primary N) is 1. The smallest absolute Gasteiger partial charge is 0.237 e. The van der Waals surface area contributed by atoms with Crippen LogP contribution in [0.1, 0.15) is 73.6 Å². The molecule has 0 saturated carbocycles. The van der Waals surface area contributed by atoms with Crippen LogP contribution in [0.3, 0.4) is 0 Å². The number of hydrogen-bond donors (Lipinski definition) is 4. The lowest BCUT2D eigenvalue weighted by atomic mass is 9.65. The van der Waals surface area contributed by atoms with Crippen molar-refractivity contribution < 1.29 is 66.9 Å². The first kappa shape index (κ1) is 59.3. The fourth-order valence-corrected chi connectivity index (χ4v) is 15.4. The second-order valence-electron chi connectivity index (χ2n) is 23.0. The molecule has 0 spiro atoms. The number of likely N-dealkylation sites (N-methyl/N-ethyl adjacent to an activating group) is 2. The molecule has 4 bridgehead atoms. The topological polar surface area (TPSA) is 330 Å². The molecular formula is C60H68N10O14. The minimum Gasteiger partial charge on any atom is -0.492 e. The minimum atomic E-state index is -1.30.